The lowest BCUT2D eigenvalue weighted by atomic mass is 9.98. The summed E-state index contributed by atoms with van der Waals surface area (Å²) >= 11 is 0. The van der Waals surface area contributed by atoms with Crippen LogP contribution in [-0.4, -0.2) is 13.6 Å². The first-order valence-corrected chi connectivity index (χ1v) is 6.78. The van der Waals surface area contributed by atoms with E-state index in [-0.39, 0.29) is 0 Å². The highest BCUT2D eigenvalue weighted by Gasteiger charge is 2.13. The number of allylic oxidation sites excluding steroid dienone is 2. The van der Waals surface area contributed by atoms with Gasteiger partial charge < -0.3 is 10.6 Å². The van der Waals surface area contributed by atoms with Crippen molar-refractivity contribution in [3.05, 3.63) is 71.8 Å². The molecule has 2 nitrogen and oxygen atoms in total. The monoisotopic (exact) mass is 262 g/mol. The van der Waals surface area contributed by atoms with Crippen molar-refractivity contribution in [3.8, 4) is 0 Å². The summed E-state index contributed by atoms with van der Waals surface area (Å²) in [6, 6.07) is 16.4. The first-order chi connectivity index (χ1) is 9.74. The van der Waals surface area contributed by atoms with Gasteiger partial charge in [-0.15, -0.1) is 0 Å². The van der Waals surface area contributed by atoms with Crippen LogP contribution in [0.3, 0.4) is 0 Å². The molecule has 2 aromatic carbocycles. The molecule has 0 amide bonds. The number of nitrogens with zero attached hydrogens (tertiary/aromatic N) is 1. The third-order valence-corrected chi connectivity index (χ3v) is 3.60. The van der Waals surface area contributed by atoms with Crippen LogP contribution >= 0.6 is 0 Å². The summed E-state index contributed by atoms with van der Waals surface area (Å²) in [5.74, 6) is 0. The molecule has 0 saturated carbocycles. The molecule has 0 fully saturated rings. The van der Waals surface area contributed by atoms with Gasteiger partial charge in [-0.3, -0.25) is 0 Å². The summed E-state index contributed by atoms with van der Waals surface area (Å²) in [5, 5.41) is 0. The Labute approximate surface area is 119 Å². The van der Waals surface area contributed by atoms with Gasteiger partial charge in [0.2, 0.25) is 0 Å². The zero-order valence-electron chi connectivity index (χ0n) is 11.6. The van der Waals surface area contributed by atoms with Gasteiger partial charge in [0.05, 0.1) is 0 Å². The number of hydrogen-bond donors (Lipinski definition) is 1. The molecule has 0 bridgehead atoms. The van der Waals surface area contributed by atoms with Crippen molar-refractivity contribution >= 4 is 23.0 Å². The average molecular weight is 262 g/mol. The van der Waals surface area contributed by atoms with Crippen molar-refractivity contribution in [2.24, 2.45) is 0 Å². The lowest BCUT2D eigenvalue weighted by Crippen LogP contribution is -2.21. The minimum atomic E-state index is 0.797. The molecule has 1 aliphatic heterocycles. The summed E-state index contributed by atoms with van der Waals surface area (Å²) < 4.78 is 0. The van der Waals surface area contributed by atoms with Gasteiger partial charge in [0, 0.05) is 30.5 Å². The van der Waals surface area contributed by atoms with Crippen molar-refractivity contribution in [2.75, 3.05) is 24.2 Å². The van der Waals surface area contributed by atoms with Crippen LogP contribution in [0.1, 0.15) is 11.1 Å². The number of para-hydroxylation sites is 1. The predicted molar refractivity (Wildman–Crippen MR) is 87.6 cm³/mol. The second kappa shape index (κ2) is 5.25. The quantitative estimate of drug-likeness (QED) is 0.834. The van der Waals surface area contributed by atoms with Gasteiger partial charge in [-0.1, -0.05) is 48.6 Å². The molecular weight excluding hydrogens is 244 g/mol. The molecule has 0 atom stereocenters. The zero-order valence-corrected chi connectivity index (χ0v) is 11.6. The van der Waals surface area contributed by atoms with E-state index in [2.05, 4.69) is 54.4 Å². The van der Waals surface area contributed by atoms with Gasteiger partial charge in [-0.25, -0.2) is 0 Å². The van der Waals surface area contributed by atoms with E-state index in [1.807, 2.05) is 24.3 Å². The Balaban J connectivity index is 1.90. The van der Waals surface area contributed by atoms with Crippen molar-refractivity contribution in [3.63, 3.8) is 0 Å². The molecule has 3 rings (SSSR count). The first kappa shape index (κ1) is 12.5. The Morgan fingerprint density at radius 2 is 1.75 bits per heavy atom. The highest BCUT2D eigenvalue weighted by molar-refractivity contribution is 5.87. The number of fused-ring (bicyclic) bond motifs is 1. The van der Waals surface area contributed by atoms with Crippen molar-refractivity contribution in [1.82, 2.24) is 0 Å². The molecule has 100 valence electrons. The average Bonchev–Trinajstić information content (AvgIpc) is 2.49. The Bertz CT molecular complexity index is 666. The molecule has 0 aliphatic carbocycles. The van der Waals surface area contributed by atoms with Crippen LogP contribution in [-0.2, 0) is 0 Å². The van der Waals surface area contributed by atoms with E-state index in [0.717, 1.165) is 17.8 Å². The van der Waals surface area contributed by atoms with E-state index in [1.54, 1.807) is 0 Å². The number of nitrogens with two attached hydrogens (primary N) is 1. The number of benzene rings is 2. The van der Waals surface area contributed by atoms with Crippen LogP contribution in [0.5, 0.6) is 0 Å². The number of likely N-dealkylation sites (N-methyl/N-ethyl adjacent to an activating group) is 1. The fourth-order valence-corrected chi connectivity index (χ4v) is 2.45. The van der Waals surface area contributed by atoms with Crippen molar-refractivity contribution < 1.29 is 0 Å². The molecule has 2 N–H and O–H groups in total. The molecule has 1 heterocycles. The number of rotatable bonds is 2. The lowest BCUT2D eigenvalue weighted by Gasteiger charge is -2.26. The maximum atomic E-state index is 5.70. The third kappa shape index (κ3) is 2.45. The van der Waals surface area contributed by atoms with Gasteiger partial charge in [0.25, 0.3) is 0 Å². The molecule has 2 aromatic rings. The maximum absolute atomic E-state index is 5.70. The molecule has 20 heavy (non-hydrogen) atoms. The zero-order chi connectivity index (χ0) is 13.9. The molecule has 0 saturated heterocycles. The standard InChI is InChI=1S/C18H18N2/c1-20-13-12-15(17-4-2-3-5-18(17)20)9-6-14-7-10-16(19)11-8-14/h2-12H,13,19H2,1H3. The third-order valence-electron chi connectivity index (χ3n) is 3.60. The van der Waals surface area contributed by atoms with E-state index in [4.69, 9.17) is 5.73 Å². The molecular formula is C18H18N2. The van der Waals surface area contributed by atoms with Crippen molar-refractivity contribution in [1.29, 1.82) is 0 Å². The molecule has 0 aromatic heterocycles. The summed E-state index contributed by atoms with van der Waals surface area (Å²) in [7, 11) is 2.12. The van der Waals surface area contributed by atoms with Gasteiger partial charge in [0.1, 0.15) is 0 Å². The van der Waals surface area contributed by atoms with E-state index >= 15 is 0 Å². The van der Waals surface area contributed by atoms with Crippen molar-refractivity contribution in [2.45, 2.75) is 0 Å². The minimum Gasteiger partial charge on any atom is -0.399 e. The van der Waals surface area contributed by atoms with Crippen LogP contribution in [0.25, 0.3) is 11.6 Å². The maximum Gasteiger partial charge on any atom is 0.0446 e. The fraction of sp³-hybridized carbons (Fsp3) is 0.111. The van der Waals surface area contributed by atoms with E-state index in [9.17, 15) is 0 Å². The molecule has 0 radical (unpaired) electrons. The highest BCUT2D eigenvalue weighted by Crippen LogP contribution is 2.31. The fourth-order valence-electron chi connectivity index (χ4n) is 2.45. The Morgan fingerprint density at radius 3 is 2.55 bits per heavy atom. The Morgan fingerprint density at radius 1 is 1.00 bits per heavy atom. The van der Waals surface area contributed by atoms with Crippen LogP contribution in [0.4, 0.5) is 11.4 Å². The van der Waals surface area contributed by atoms with Crippen LogP contribution in [0, 0.1) is 0 Å². The van der Waals surface area contributed by atoms with Gasteiger partial charge in [0.15, 0.2) is 0 Å². The normalized spacial score (nSPS) is 14.2. The van der Waals surface area contributed by atoms with Crippen LogP contribution in [0.15, 0.2) is 60.7 Å². The summed E-state index contributed by atoms with van der Waals surface area (Å²) in [4.78, 5) is 2.26. The molecule has 2 heteroatoms. The number of anilines is 2. The first-order valence-electron chi connectivity index (χ1n) is 6.78. The molecule has 0 unspecified atom stereocenters. The van der Waals surface area contributed by atoms with Gasteiger partial charge in [-0.05, 0) is 29.3 Å². The largest absolute Gasteiger partial charge is 0.399 e. The van der Waals surface area contributed by atoms with Gasteiger partial charge in [-0.2, -0.15) is 0 Å². The number of nitrogen functional groups attached to an aromatic ring is 1. The smallest absolute Gasteiger partial charge is 0.0446 e. The summed E-state index contributed by atoms with van der Waals surface area (Å²) in [5.41, 5.74) is 11.5. The number of hydrogen-bond acceptors (Lipinski definition) is 2. The molecule has 1 aliphatic rings. The van der Waals surface area contributed by atoms with E-state index in [1.165, 1.54) is 16.8 Å². The van der Waals surface area contributed by atoms with E-state index < -0.39 is 0 Å². The second-order valence-electron chi connectivity index (χ2n) is 5.06. The lowest BCUT2D eigenvalue weighted by molar-refractivity contribution is 1.01. The minimum absolute atomic E-state index is 0.797. The molecule has 0 spiro atoms. The van der Waals surface area contributed by atoms with Crippen LogP contribution in [0.2, 0.25) is 0 Å². The summed E-state index contributed by atoms with van der Waals surface area (Å²) in [6.45, 7) is 0.943. The Kier molecular flexibility index (Phi) is 3.30. The highest BCUT2D eigenvalue weighted by atomic mass is 15.1. The van der Waals surface area contributed by atoms with E-state index in [0.29, 0.717) is 0 Å². The van der Waals surface area contributed by atoms with Gasteiger partial charge >= 0.3 is 0 Å². The van der Waals surface area contributed by atoms with Crippen LogP contribution < -0.4 is 10.6 Å². The topological polar surface area (TPSA) is 29.3 Å². The SMILES string of the molecule is CN1CC=C(C=Cc2ccc(N)cc2)c2ccccc21. The second-order valence-corrected chi connectivity index (χ2v) is 5.06. The summed E-state index contributed by atoms with van der Waals surface area (Å²) in [6.07, 6.45) is 6.57. The Hall–Kier alpha value is -2.48. The predicted octanol–water partition coefficient (Wildman–Crippen LogP) is 3.82.